The van der Waals surface area contributed by atoms with Crippen LogP contribution in [-0.4, -0.2) is 52.7 Å². The molecule has 0 radical (unpaired) electrons. The van der Waals surface area contributed by atoms with Crippen molar-refractivity contribution in [1.29, 1.82) is 0 Å². The second kappa shape index (κ2) is 9.25. The summed E-state index contributed by atoms with van der Waals surface area (Å²) in [6, 6.07) is 5.40. The third-order valence-corrected chi connectivity index (χ3v) is 12.7. The highest BCUT2D eigenvalue weighted by Crippen LogP contribution is 2.50. The van der Waals surface area contributed by atoms with E-state index in [1.54, 1.807) is 29.1 Å². The van der Waals surface area contributed by atoms with E-state index in [2.05, 4.69) is 44.1 Å². The average Bonchev–Trinajstić information content (AvgIpc) is 3.38. The van der Waals surface area contributed by atoms with Gasteiger partial charge in [-0.1, -0.05) is 32.0 Å². The van der Waals surface area contributed by atoms with Gasteiger partial charge in [0.2, 0.25) is 0 Å². The monoisotopic (exact) mass is 551 g/mol. The number of amides is 3. The fraction of sp³-hybridized carbons (Fsp3) is 0.500. The normalized spacial score (nSPS) is 16.9. The first-order chi connectivity index (χ1) is 18.3. The minimum atomic E-state index is -2.13. The lowest BCUT2D eigenvalue weighted by Gasteiger charge is -2.37. The maximum atomic E-state index is 13.7. The lowest BCUT2D eigenvalue weighted by molar-refractivity contribution is -0.120. The Balaban J connectivity index is 1.39. The summed E-state index contributed by atoms with van der Waals surface area (Å²) in [7, 11) is -0.503. The van der Waals surface area contributed by atoms with Gasteiger partial charge in [-0.25, -0.2) is 9.69 Å². The van der Waals surface area contributed by atoms with Crippen molar-refractivity contribution in [3.63, 3.8) is 0 Å². The van der Waals surface area contributed by atoms with Crippen molar-refractivity contribution in [2.24, 2.45) is 0 Å². The van der Waals surface area contributed by atoms with Gasteiger partial charge in [0, 0.05) is 18.3 Å². The van der Waals surface area contributed by atoms with Crippen LogP contribution in [0.25, 0.3) is 0 Å². The second-order valence-corrected chi connectivity index (χ2v) is 16.8. The number of anilines is 1. The summed E-state index contributed by atoms with van der Waals surface area (Å²) in [5.41, 5.74) is 2.26. The first kappa shape index (κ1) is 27.0. The molecule has 1 aliphatic heterocycles. The van der Waals surface area contributed by atoms with Crippen LogP contribution >= 0.6 is 0 Å². The fourth-order valence-corrected chi connectivity index (χ4v) is 5.73. The molecule has 0 unspecified atom stereocenters. The van der Waals surface area contributed by atoms with Gasteiger partial charge in [0.1, 0.15) is 17.0 Å². The van der Waals surface area contributed by atoms with Gasteiger partial charge < -0.3 is 18.6 Å². The number of methoxy groups -OCH3 is 1. The van der Waals surface area contributed by atoms with Crippen LogP contribution in [-0.2, 0) is 17.9 Å². The average molecular weight is 552 g/mol. The van der Waals surface area contributed by atoms with Crippen molar-refractivity contribution in [2.75, 3.05) is 12.0 Å². The summed E-state index contributed by atoms with van der Waals surface area (Å²) in [5, 5.41) is 8.41. The highest BCUT2D eigenvalue weighted by molar-refractivity contribution is 6.74. The SMILES string of the molecule is COc1ccc(CN2C(=O)N(c3cnn(Cc4c(C)noc4C)c3)C(=O)C23CC3)cc1O[Si](C)(C)C(C)(C)C. The Bertz CT molecular complexity index is 1410. The number of nitrogens with zero attached hydrogens (tertiary/aromatic N) is 5. The molecule has 10 nitrogen and oxygen atoms in total. The van der Waals surface area contributed by atoms with Crippen LogP contribution in [0.3, 0.4) is 0 Å². The minimum absolute atomic E-state index is 0.0138. The van der Waals surface area contributed by atoms with Crippen molar-refractivity contribution in [3.8, 4) is 11.5 Å². The first-order valence-corrected chi connectivity index (χ1v) is 16.1. The Hall–Kier alpha value is -3.60. The van der Waals surface area contributed by atoms with Gasteiger partial charge in [0.25, 0.3) is 14.2 Å². The van der Waals surface area contributed by atoms with Crippen molar-refractivity contribution in [1.82, 2.24) is 19.8 Å². The molecule has 5 rings (SSSR count). The van der Waals surface area contributed by atoms with Crippen LogP contribution < -0.4 is 14.1 Å². The Morgan fingerprint density at radius 2 is 1.82 bits per heavy atom. The van der Waals surface area contributed by atoms with Gasteiger partial charge in [-0.05, 0) is 62.5 Å². The Kier molecular flexibility index (Phi) is 6.40. The summed E-state index contributed by atoms with van der Waals surface area (Å²) in [6.45, 7) is 15.4. The van der Waals surface area contributed by atoms with Crippen LogP contribution in [0.2, 0.25) is 18.1 Å². The van der Waals surface area contributed by atoms with Gasteiger partial charge in [-0.15, -0.1) is 0 Å². The molecule has 0 N–H and O–H groups in total. The van der Waals surface area contributed by atoms with Gasteiger partial charge in [0.15, 0.2) is 5.75 Å². The fourth-order valence-electron chi connectivity index (χ4n) is 4.72. The highest BCUT2D eigenvalue weighted by Gasteiger charge is 2.65. The van der Waals surface area contributed by atoms with E-state index in [0.717, 1.165) is 22.6 Å². The number of hydrogen-bond acceptors (Lipinski definition) is 7. The second-order valence-electron chi connectivity index (χ2n) is 12.1. The van der Waals surface area contributed by atoms with Crippen LogP contribution in [0.5, 0.6) is 11.5 Å². The zero-order valence-corrected chi connectivity index (χ0v) is 25.0. The van der Waals surface area contributed by atoms with E-state index >= 15 is 0 Å². The molecule has 2 aliphatic rings. The van der Waals surface area contributed by atoms with Crippen molar-refractivity contribution in [2.45, 2.75) is 84.2 Å². The van der Waals surface area contributed by atoms with Crippen molar-refractivity contribution >= 4 is 25.9 Å². The molecular formula is C28H37N5O5Si. The standard InChI is InChI=1S/C28H37N5O5Si/c1-18-22(19(2)37-30-18)17-31-16-21(14-29-31)33-25(34)28(11-12-28)32(26(33)35)15-20-9-10-23(36-6)24(13-20)38-39(7,8)27(3,4)5/h9-10,13-14,16H,11-12,15,17H2,1-8H3. The van der Waals surface area contributed by atoms with E-state index in [1.165, 1.54) is 4.90 Å². The van der Waals surface area contributed by atoms with E-state index in [-0.39, 0.29) is 17.0 Å². The molecule has 1 spiro atoms. The van der Waals surface area contributed by atoms with Crippen molar-refractivity contribution in [3.05, 3.63) is 53.2 Å². The largest absolute Gasteiger partial charge is 0.541 e. The molecule has 1 aliphatic carbocycles. The van der Waals surface area contributed by atoms with Gasteiger partial charge in [-0.3, -0.25) is 9.48 Å². The summed E-state index contributed by atoms with van der Waals surface area (Å²) in [4.78, 5) is 30.2. The van der Waals surface area contributed by atoms with E-state index in [9.17, 15) is 9.59 Å². The Labute approximate surface area is 230 Å². The molecule has 3 heterocycles. The molecule has 1 saturated carbocycles. The van der Waals surface area contributed by atoms with Gasteiger partial charge >= 0.3 is 6.03 Å². The molecule has 1 aromatic carbocycles. The molecule has 0 bridgehead atoms. The Morgan fingerprint density at radius 1 is 1.10 bits per heavy atom. The number of carbonyl (C=O) groups excluding carboxylic acids is 2. The number of ether oxygens (including phenoxy) is 1. The molecule has 3 aromatic rings. The first-order valence-electron chi connectivity index (χ1n) is 13.2. The predicted octanol–water partition coefficient (Wildman–Crippen LogP) is 5.43. The summed E-state index contributed by atoms with van der Waals surface area (Å²) in [6.07, 6.45) is 4.57. The van der Waals surface area contributed by atoms with Crippen LogP contribution in [0.15, 0.2) is 35.1 Å². The molecule has 11 heteroatoms. The number of aryl methyl sites for hydroxylation is 2. The van der Waals surface area contributed by atoms with Crippen LogP contribution in [0.4, 0.5) is 10.5 Å². The summed E-state index contributed by atoms with van der Waals surface area (Å²) >= 11 is 0. The number of imide groups is 1. The lowest BCUT2D eigenvalue weighted by atomic mass is 10.1. The topological polar surface area (TPSA) is 103 Å². The van der Waals surface area contributed by atoms with Crippen LogP contribution in [0.1, 0.15) is 56.2 Å². The lowest BCUT2D eigenvalue weighted by Crippen LogP contribution is -2.44. The summed E-state index contributed by atoms with van der Waals surface area (Å²) < 4.78 is 19.1. The van der Waals surface area contributed by atoms with Gasteiger partial charge in [-0.2, -0.15) is 5.10 Å². The highest BCUT2D eigenvalue weighted by atomic mass is 28.4. The zero-order valence-electron chi connectivity index (χ0n) is 24.0. The molecule has 39 heavy (non-hydrogen) atoms. The van der Waals surface area contributed by atoms with E-state index in [4.69, 9.17) is 13.7 Å². The van der Waals surface area contributed by atoms with Gasteiger partial charge in [0.05, 0.1) is 31.2 Å². The minimum Gasteiger partial charge on any atom is -0.541 e. The third-order valence-electron chi connectivity index (χ3n) is 8.38. The maximum absolute atomic E-state index is 13.7. The summed E-state index contributed by atoms with van der Waals surface area (Å²) in [5.74, 6) is 1.84. The molecule has 0 atom stereocenters. The number of hydrogen-bond donors (Lipinski definition) is 0. The maximum Gasteiger partial charge on any atom is 0.332 e. The Morgan fingerprint density at radius 3 is 2.41 bits per heavy atom. The van der Waals surface area contributed by atoms with E-state index in [0.29, 0.717) is 43.1 Å². The number of carbonyl (C=O) groups is 2. The number of aromatic nitrogens is 3. The molecule has 1 saturated heterocycles. The number of urea groups is 1. The molecule has 208 valence electrons. The van der Waals surface area contributed by atoms with Crippen molar-refractivity contribution < 1.29 is 23.3 Å². The zero-order chi connectivity index (χ0) is 28.3. The molecular weight excluding hydrogens is 514 g/mol. The van der Waals surface area contributed by atoms with Crippen LogP contribution in [0, 0.1) is 13.8 Å². The smallest absolute Gasteiger partial charge is 0.332 e. The third kappa shape index (κ3) is 4.62. The number of rotatable bonds is 8. The molecule has 2 fully saturated rings. The quantitative estimate of drug-likeness (QED) is 0.272. The van der Waals surface area contributed by atoms with E-state index in [1.807, 2.05) is 32.0 Å². The molecule has 3 amide bonds. The number of benzene rings is 1. The predicted molar refractivity (Wildman–Crippen MR) is 149 cm³/mol. The van der Waals surface area contributed by atoms with E-state index < -0.39 is 13.9 Å². The molecule has 2 aromatic heterocycles.